The Morgan fingerprint density at radius 1 is 1.23 bits per heavy atom. The highest BCUT2D eigenvalue weighted by Crippen LogP contribution is 2.29. The summed E-state index contributed by atoms with van der Waals surface area (Å²) in [5.74, 6) is -0.645. The predicted molar refractivity (Wildman–Crippen MR) is 84.8 cm³/mol. The van der Waals surface area contributed by atoms with Crippen LogP contribution in [-0.4, -0.2) is 44.2 Å². The van der Waals surface area contributed by atoms with Crippen LogP contribution in [0.25, 0.3) is 0 Å². The maximum atomic E-state index is 12.6. The molecule has 1 aliphatic heterocycles. The average Bonchev–Trinajstić information content (AvgIpc) is 2.47. The summed E-state index contributed by atoms with van der Waals surface area (Å²) < 4.78 is 22.9. The fraction of sp³-hybridized carbons (Fsp3) is 0.467. The number of sulfone groups is 1. The zero-order valence-electron chi connectivity index (χ0n) is 12.7. The molecule has 1 amide bonds. The highest BCUT2D eigenvalue weighted by molar-refractivity contribution is 7.92. The van der Waals surface area contributed by atoms with Crippen LogP contribution in [0.1, 0.15) is 30.1 Å². The Labute approximate surface area is 130 Å². The maximum Gasteiger partial charge on any atom is 0.245 e. The van der Waals surface area contributed by atoms with Gasteiger partial charge in [0.15, 0.2) is 20.4 Å². The molecule has 1 aliphatic rings. The third-order valence-corrected chi connectivity index (χ3v) is 6.07. The van der Waals surface area contributed by atoms with Gasteiger partial charge in [-0.05, 0) is 45.0 Å². The third-order valence-electron chi connectivity index (χ3n) is 4.06. The molecule has 2 N–H and O–H groups in total. The monoisotopic (exact) mass is 324 g/mol. The molecule has 0 spiro atoms. The number of rotatable bonds is 4. The second kappa shape index (κ2) is 6.18. The van der Waals surface area contributed by atoms with Crippen LogP contribution in [0.5, 0.6) is 0 Å². The van der Waals surface area contributed by atoms with E-state index in [-0.39, 0.29) is 18.6 Å². The number of hydrogen-bond acceptors (Lipinski definition) is 5. The van der Waals surface area contributed by atoms with Crippen molar-refractivity contribution in [3.8, 4) is 0 Å². The van der Waals surface area contributed by atoms with Gasteiger partial charge in [-0.25, -0.2) is 8.42 Å². The second-order valence-electron chi connectivity index (χ2n) is 5.61. The molecule has 7 heteroatoms. The number of Topliss-reactive ketones (excluding diaryl/α,β-unsaturated/α-hetero) is 1. The Morgan fingerprint density at radius 2 is 1.86 bits per heavy atom. The number of amides is 1. The SMILES string of the molecule is CC(=O)c1cccc(NC(=O)C2(S(C)(=O)=O)CCNCC2)c1. The van der Waals surface area contributed by atoms with Crippen molar-refractivity contribution < 1.29 is 18.0 Å². The Hall–Kier alpha value is -1.73. The Kier molecular flexibility index (Phi) is 4.67. The smallest absolute Gasteiger partial charge is 0.245 e. The molecule has 2 rings (SSSR count). The van der Waals surface area contributed by atoms with Gasteiger partial charge in [-0.1, -0.05) is 12.1 Å². The van der Waals surface area contributed by atoms with Crippen molar-refractivity contribution >= 4 is 27.2 Å². The molecule has 0 atom stereocenters. The Balaban J connectivity index is 2.29. The molecule has 1 saturated heterocycles. The first-order chi connectivity index (χ1) is 10.3. The highest BCUT2D eigenvalue weighted by atomic mass is 32.2. The van der Waals surface area contributed by atoms with E-state index in [1.807, 2.05) is 0 Å². The summed E-state index contributed by atoms with van der Waals surface area (Å²) in [4.78, 5) is 24.0. The average molecular weight is 324 g/mol. The quantitative estimate of drug-likeness (QED) is 0.806. The molecule has 0 radical (unpaired) electrons. The van der Waals surface area contributed by atoms with Crippen LogP contribution in [0.3, 0.4) is 0 Å². The fourth-order valence-corrected chi connectivity index (χ4v) is 3.99. The van der Waals surface area contributed by atoms with Gasteiger partial charge in [0.1, 0.15) is 0 Å². The van der Waals surface area contributed by atoms with E-state index >= 15 is 0 Å². The number of nitrogens with one attached hydrogen (secondary N) is 2. The minimum absolute atomic E-state index is 0.115. The number of carbonyl (C=O) groups excluding carboxylic acids is 2. The lowest BCUT2D eigenvalue weighted by molar-refractivity contribution is -0.119. The summed E-state index contributed by atoms with van der Waals surface area (Å²) in [7, 11) is -3.55. The zero-order chi connectivity index (χ0) is 16.4. The maximum absolute atomic E-state index is 12.6. The topological polar surface area (TPSA) is 92.3 Å². The molecule has 0 bridgehead atoms. The standard InChI is InChI=1S/C15H20N2O4S/c1-11(18)12-4-3-5-13(10-12)17-14(19)15(22(2,20)21)6-8-16-9-7-15/h3-5,10,16H,6-9H2,1-2H3,(H,17,19). The molecule has 1 aromatic rings. The first kappa shape index (κ1) is 16.6. The van der Waals surface area contributed by atoms with Crippen molar-refractivity contribution in [3.63, 3.8) is 0 Å². The lowest BCUT2D eigenvalue weighted by Crippen LogP contribution is -2.55. The zero-order valence-corrected chi connectivity index (χ0v) is 13.5. The van der Waals surface area contributed by atoms with Crippen molar-refractivity contribution in [1.82, 2.24) is 5.32 Å². The molecule has 0 unspecified atom stereocenters. The van der Waals surface area contributed by atoms with Gasteiger partial charge in [0.25, 0.3) is 0 Å². The van der Waals surface area contributed by atoms with Gasteiger partial charge in [0.05, 0.1) is 0 Å². The van der Waals surface area contributed by atoms with E-state index in [1.165, 1.54) is 6.92 Å². The third kappa shape index (κ3) is 3.20. The minimum atomic E-state index is -3.55. The summed E-state index contributed by atoms with van der Waals surface area (Å²) >= 11 is 0. The highest BCUT2D eigenvalue weighted by Gasteiger charge is 2.48. The molecule has 6 nitrogen and oxygen atoms in total. The van der Waals surface area contributed by atoms with E-state index < -0.39 is 20.5 Å². The van der Waals surface area contributed by atoms with E-state index in [0.29, 0.717) is 24.3 Å². The molecular formula is C15H20N2O4S. The molecular weight excluding hydrogens is 304 g/mol. The first-order valence-electron chi connectivity index (χ1n) is 7.09. The van der Waals surface area contributed by atoms with Crippen LogP contribution < -0.4 is 10.6 Å². The van der Waals surface area contributed by atoms with Crippen molar-refractivity contribution in [3.05, 3.63) is 29.8 Å². The molecule has 22 heavy (non-hydrogen) atoms. The van der Waals surface area contributed by atoms with Crippen molar-refractivity contribution in [1.29, 1.82) is 0 Å². The van der Waals surface area contributed by atoms with Gasteiger partial charge in [-0.15, -0.1) is 0 Å². The number of hydrogen-bond donors (Lipinski definition) is 2. The van der Waals surface area contributed by atoms with E-state index in [2.05, 4.69) is 10.6 Å². The fourth-order valence-electron chi connectivity index (χ4n) is 2.66. The first-order valence-corrected chi connectivity index (χ1v) is 8.98. The normalized spacial score (nSPS) is 17.7. The molecule has 0 aromatic heterocycles. The summed E-state index contributed by atoms with van der Waals surface area (Å²) in [6.07, 6.45) is 1.58. The van der Waals surface area contributed by atoms with Gasteiger partial charge in [-0.2, -0.15) is 0 Å². The molecule has 0 aliphatic carbocycles. The number of benzene rings is 1. The van der Waals surface area contributed by atoms with Gasteiger partial charge in [0, 0.05) is 17.5 Å². The van der Waals surface area contributed by atoms with Gasteiger partial charge >= 0.3 is 0 Å². The van der Waals surface area contributed by atoms with Crippen LogP contribution in [0, 0.1) is 0 Å². The summed E-state index contributed by atoms with van der Waals surface area (Å²) in [5, 5.41) is 5.72. The molecule has 1 aromatic carbocycles. The number of piperidine rings is 1. The van der Waals surface area contributed by atoms with Gasteiger partial charge in [0.2, 0.25) is 5.91 Å². The van der Waals surface area contributed by atoms with Crippen molar-refractivity contribution in [2.75, 3.05) is 24.7 Å². The Bertz CT molecular complexity index is 691. The molecule has 120 valence electrons. The lowest BCUT2D eigenvalue weighted by Gasteiger charge is -2.34. The summed E-state index contributed by atoms with van der Waals surface area (Å²) in [5.41, 5.74) is 0.899. The lowest BCUT2D eigenvalue weighted by atomic mass is 9.95. The van der Waals surface area contributed by atoms with Crippen molar-refractivity contribution in [2.24, 2.45) is 0 Å². The number of carbonyl (C=O) groups is 2. The molecule has 1 fully saturated rings. The van der Waals surface area contributed by atoms with Crippen LogP contribution in [0.2, 0.25) is 0 Å². The van der Waals surface area contributed by atoms with E-state index in [0.717, 1.165) is 6.26 Å². The van der Waals surface area contributed by atoms with Gasteiger partial charge < -0.3 is 10.6 Å². The summed E-state index contributed by atoms with van der Waals surface area (Å²) in [6, 6.07) is 6.50. The van der Waals surface area contributed by atoms with Crippen molar-refractivity contribution in [2.45, 2.75) is 24.5 Å². The minimum Gasteiger partial charge on any atom is -0.325 e. The number of anilines is 1. The van der Waals surface area contributed by atoms with Crippen LogP contribution >= 0.6 is 0 Å². The second-order valence-corrected chi connectivity index (χ2v) is 7.93. The molecule has 0 saturated carbocycles. The van der Waals surface area contributed by atoms with Crippen LogP contribution in [0.4, 0.5) is 5.69 Å². The predicted octanol–water partition coefficient (Wildman–Crippen LogP) is 0.994. The van der Waals surface area contributed by atoms with E-state index in [9.17, 15) is 18.0 Å². The largest absolute Gasteiger partial charge is 0.325 e. The van der Waals surface area contributed by atoms with Crippen LogP contribution in [-0.2, 0) is 14.6 Å². The number of ketones is 1. The van der Waals surface area contributed by atoms with Gasteiger partial charge in [-0.3, -0.25) is 9.59 Å². The van der Waals surface area contributed by atoms with Crippen LogP contribution in [0.15, 0.2) is 24.3 Å². The molecule has 1 heterocycles. The Morgan fingerprint density at radius 3 is 2.41 bits per heavy atom. The van der Waals surface area contributed by atoms with E-state index in [1.54, 1.807) is 24.3 Å². The van der Waals surface area contributed by atoms with E-state index in [4.69, 9.17) is 0 Å². The summed E-state index contributed by atoms with van der Waals surface area (Å²) in [6.45, 7) is 2.40.